The number of hydrogen-bond donors (Lipinski definition) is 1. The Morgan fingerprint density at radius 3 is 2.52 bits per heavy atom. The highest BCUT2D eigenvalue weighted by molar-refractivity contribution is 5.90. The van der Waals surface area contributed by atoms with Crippen LogP contribution in [0.1, 0.15) is 19.0 Å². The van der Waals surface area contributed by atoms with Crippen LogP contribution in [0, 0.1) is 0 Å². The van der Waals surface area contributed by atoms with Gasteiger partial charge in [0.1, 0.15) is 12.3 Å². The number of carbonyl (C=O) groups is 1. The molecule has 0 spiro atoms. The number of nitrogens with one attached hydrogen (secondary N) is 1. The third-order valence-corrected chi connectivity index (χ3v) is 3.13. The molecule has 0 atom stereocenters. The Kier molecular flexibility index (Phi) is 5.79. The second kappa shape index (κ2) is 7.82. The van der Waals surface area contributed by atoms with Crippen LogP contribution < -0.4 is 15.6 Å². The first-order chi connectivity index (χ1) is 11.8. The summed E-state index contributed by atoms with van der Waals surface area (Å²) in [5.41, 5.74) is 0.593. The summed E-state index contributed by atoms with van der Waals surface area (Å²) in [4.78, 5) is 27.9. The number of rotatable bonds is 6. The smallest absolute Gasteiger partial charge is 0.406 e. The van der Waals surface area contributed by atoms with Crippen molar-refractivity contribution in [3.05, 3.63) is 52.7 Å². The molecule has 1 aromatic heterocycles. The predicted molar refractivity (Wildman–Crippen MR) is 84.2 cm³/mol. The van der Waals surface area contributed by atoms with E-state index in [1.807, 2.05) is 6.92 Å². The molecule has 0 saturated carbocycles. The standard InChI is InChI=1S/C16H16F3N3O3/c1-2-3-12-8-15(24)22(10-20-12)9-14(23)21-11-4-6-13(7-5-11)25-16(17,18)19/h4-8,10H,2-3,9H2,1H3,(H,21,23). The molecule has 1 heterocycles. The second-order valence-corrected chi connectivity index (χ2v) is 5.22. The summed E-state index contributed by atoms with van der Waals surface area (Å²) in [6.07, 6.45) is -1.95. The number of ether oxygens (including phenoxy) is 1. The fourth-order valence-electron chi connectivity index (χ4n) is 2.07. The molecule has 134 valence electrons. The summed E-state index contributed by atoms with van der Waals surface area (Å²) in [5, 5.41) is 2.48. The maximum Gasteiger partial charge on any atom is 0.573 e. The van der Waals surface area contributed by atoms with E-state index in [-0.39, 0.29) is 17.8 Å². The number of carbonyl (C=O) groups excluding carboxylic acids is 1. The highest BCUT2D eigenvalue weighted by Crippen LogP contribution is 2.23. The van der Waals surface area contributed by atoms with Crippen LogP contribution in [-0.4, -0.2) is 21.8 Å². The van der Waals surface area contributed by atoms with E-state index < -0.39 is 18.0 Å². The van der Waals surface area contributed by atoms with Crippen LogP contribution >= 0.6 is 0 Å². The number of benzene rings is 1. The normalized spacial score (nSPS) is 11.2. The summed E-state index contributed by atoms with van der Waals surface area (Å²) in [5.74, 6) is -0.894. The molecule has 2 aromatic rings. The van der Waals surface area contributed by atoms with Gasteiger partial charge in [-0.05, 0) is 30.7 Å². The molecule has 0 radical (unpaired) electrons. The molecule has 0 unspecified atom stereocenters. The van der Waals surface area contributed by atoms with E-state index in [1.165, 1.54) is 24.5 Å². The van der Waals surface area contributed by atoms with Crippen LogP contribution in [0.15, 0.2) is 41.5 Å². The molecular formula is C16H16F3N3O3. The zero-order valence-corrected chi connectivity index (χ0v) is 13.3. The van der Waals surface area contributed by atoms with Crippen molar-refractivity contribution < 1.29 is 22.7 Å². The van der Waals surface area contributed by atoms with Crippen molar-refractivity contribution >= 4 is 11.6 Å². The fraction of sp³-hybridized carbons (Fsp3) is 0.312. The molecule has 1 aromatic carbocycles. The number of aryl methyl sites for hydroxylation is 1. The third-order valence-electron chi connectivity index (χ3n) is 3.13. The highest BCUT2D eigenvalue weighted by atomic mass is 19.4. The van der Waals surface area contributed by atoms with E-state index in [0.717, 1.165) is 23.1 Å². The summed E-state index contributed by atoms with van der Waals surface area (Å²) in [6, 6.07) is 6.07. The quantitative estimate of drug-likeness (QED) is 0.865. The molecule has 1 N–H and O–H groups in total. The fourth-order valence-corrected chi connectivity index (χ4v) is 2.07. The van der Waals surface area contributed by atoms with Crippen molar-refractivity contribution in [1.82, 2.24) is 9.55 Å². The van der Waals surface area contributed by atoms with Crippen molar-refractivity contribution in [2.45, 2.75) is 32.7 Å². The number of alkyl halides is 3. The molecule has 0 bridgehead atoms. The Hall–Kier alpha value is -2.84. The van der Waals surface area contributed by atoms with Gasteiger partial charge in [-0.15, -0.1) is 13.2 Å². The van der Waals surface area contributed by atoms with Gasteiger partial charge in [0.15, 0.2) is 0 Å². The molecular weight excluding hydrogens is 339 g/mol. The maximum absolute atomic E-state index is 12.1. The van der Waals surface area contributed by atoms with Crippen LogP contribution in [0.5, 0.6) is 5.75 Å². The molecule has 25 heavy (non-hydrogen) atoms. The Bertz CT molecular complexity index is 786. The van der Waals surface area contributed by atoms with Crippen molar-refractivity contribution in [1.29, 1.82) is 0 Å². The Balaban J connectivity index is 1.97. The Labute approximate surface area is 141 Å². The van der Waals surface area contributed by atoms with Gasteiger partial charge >= 0.3 is 6.36 Å². The first kappa shape index (κ1) is 18.5. The monoisotopic (exact) mass is 355 g/mol. The molecule has 9 heteroatoms. The van der Waals surface area contributed by atoms with Crippen molar-refractivity contribution in [3.63, 3.8) is 0 Å². The summed E-state index contributed by atoms with van der Waals surface area (Å²) in [6.45, 7) is 1.71. The zero-order chi connectivity index (χ0) is 18.4. The first-order valence-corrected chi connectivity index (χ1v) is 7.48. The Morgan fingerprint density at radius 1 is 1.28 bits per heavy atom. The number of anilines is 1. The maximum atomic E-state index is 12.1. The average molecular weight is 355 g/mol. The highest BCUT2D eigenvalue weighted by Gasteiger charge is 2.30. The van der Waals surface area contributed by atoms with Gasteiger partial charge in [0.2, 0.25) is 5.91 Å². The molecule has 0 saturated heterocycles. The zero-order valence-electron chi connectivity index (χ0n) is 13.3. The van der Waals surface area contributed by atoms with Crippen LogP contribution in [0.3, 0.4) is 0 Å². The van der Waals surface area contributed by atoms with E-state index in [9.17, 15) is 22.8 Å². The second-order valence-electron chi connectivity index (χ2n) is 5.22. The molecule has 0 aliphatic carbocycles. The Morgan fingerprint density at radius 2 is 1.96 bits per heavy atom. The molecule has 0 aliphatic heterocycles. The first-order valence-electron chi connectivity index (χ1n) is 7.48. The lowest BCUT2D eigenvalue weighted by Gasteiger charge is -2.10. The summed E-state index contributed by atoms with van der Waals surface area (Å²) >= 11 is 0. The summed E-state index contributed by atoms with van der Waals surface area (Å²) < 4.78 is 41.1. The number of aromatic nitrogens is 2. The molecule has 0 fully saturated rings. The van der Waals surface area contributed by atoms with Crippen LogP contribution in [0.2, 0.25) is 0 Å². The van der Waals surface area contributed by atoms with Gasteiger partial charge in [0, 0.05) is 17.4 Å². The average Bonchev–Trinajstić information content (AvgIpc) is 2.51. The topological polar surface area (TPSA) is 73.2 Å². The van der Waals surface area contributed by atoms with Gasteiger partial charge in [0.05, 0.1) is 6.33 Å². The molecule has 6 nitrogen and oxygen atoms in total. The number of nitrogens with zero attached hydrogens (tertiary/aromatic N) is 2. The SMILES string of the molecule is CCCc1cc(=O)n(CC(=O)Nc2ccc(OC(F)(F)F)cc2)cn1. The minimum atomic E-state index is -4.77. The molecule has 0 aliphatic rings. The van der Waals surface area contributed by atoms with Gasteiger partial charge in [0.25, 0.3) is 5.56 Å². The number of amides is 1. The van der Waals surface area contributed by atoms with Crippen LogP contribution in [0.25, 0.3) is 0 Å². The third kappa shape index (κ3) is 5.94. The van der Waals surface area contributed by atoms with E-state index >= 15 is 0 Å². The van der Waals surface area contributed by atoms with Crippen LogP contribution in [-0.2, 0) is 17.8 Å². The van der Waals surface area contributed by atoms with Gasteiger partial charge in [-0.2, -0.15) is 0 Å². The predicted octanol–water partition coefficient (Wildman–Crippen LogP) is 2.73. The van der Waals surface area contributed by atoms with Crippen molar-refractivity contribution in [2.75, 3.05) is 5.32 Å². The van der Waals surface area contributed by atoms with Crippen molar-refractivity contribution in [2.24, 2.45) is 0 Å². The minimum Gasteiger partial charge on any atom is -0.406 e. The van der Waals surface area contributed by atoms with E-state index in [2.05, 4.69) is 15.0 Å². The van der Waals surface area contributed by atoms with Gasteiger partial charge in [-0.1, -0.05) is 13.3 Å². The minimum absolute atomic E-state index is 0.251. The van der Waals surface area contributed by atoms with Crippen molar-refractivity contribution in [3.8, 4) is 5.75 Å². The van der Waals surface area contributed by atoms with Gasteiger partial charge < -0.3 is 10.1 Å². The van der Waals surface area contributed by atoms with Gasteiger partial charge in [-0.3, -0.25) is 14.2 Å². The van der Waals surface area contributed by atoms with Gasteiger partial charge in [-0.25, -0.2) is 4.98 Å². The largest absolute Gasteiger partial charge is 0.573 e. The number of halogens is 3. The van der Waals surface area contributed by atoms with E-state index in [4.69, 9.17) is 0 Å². The molecule has 2 rings (SSSR count). The van der Waals surface area contributed by atoms with Crippen LogP contribution in [0.4, 0.5) is 18.9 Å². The lowest BCUT2D eigenvalue weighted by molar-refractivity contribution is -0.274. The van der Waals surface area contributed by atoms with E-state index in [0.29, 0.717) is 12.1 Å². The molecule has 1 amide bonds. The lowest BCUT2D eigenvalue weighted by atomic mass is 10.2. The van der Waals surface area contributed by atoms with E-state index in [1.54, 1.807) is 0 Å². The number of hydrogen-bond acceptors (Lipinski definition) is 4. The lowest BCUT2D eigenvalue weighted by Crippen LogP contribution is -2.27. The summed E-state index contributed by atoms with van der Waals surface area (Å²) in [7, 11) is 0.